The first kappa shape index (κ1) is 18.2. The van der Waals surface area contributed by atoms with Gasteiger partial charge in [0.2, 0.25) is 5.91 Å². The molecule has 0 aliphatic rings. The number of hydrogen-bond donors (Lipinski definition) is 2. The first-order valence-electron chi connectivity index (χ1n) is 6.95. The van der Waals surface area contributed by atoms with E-state index in [0.717, 1.165) is 0 Å². The smallest absolute Gasteiger partial charge is 0.420 e. The molecule has 0 aliphatic heterocycles. The highest BCUT2D eigenvalue weighted by molar-refractivity contribution is 7.81. The average molecular weight is 356 g/mol. The Hall–Kier alpha value is -2.19. The molecule has 0 aromatic heterocycles. The van der Waals surface area contributed by atoms with Crippen LogP contribution in [0.2, 0.25) is 0 Å². The molecule has 0 atom stereocenters. The summed E-state index contributed by atoms with van der Waals surface area (Å²) in [6, 6.07) is 7.34. The van der Waals surface area contributed by atoms with Crippen LogP contribution in [0.4, 0.5) is 13.2 Å². The molecule has 0 radical (unpaired) electrons. The largest absolute Gasteiger partial charge is 0.496 e. The highest BCUT2D eigenvalue weighted by Crippen LogP contribution is 2.41. The summed E-state index contributed by atoms with van der Waals surface area (Å²) < 4.78 is 45.1. The third-order valence-corrected chi connectivity index (χ3v) is 3.78. The Morgan fingerprint density at radius 3 is 2.50 bits per heavy atom. The van der Waals surface area contributed by atoms with E-state index in [9.17, 15) is 18.0 Å². The van der Waals surface area contributed by atoms with Crippen LogP contribution in [0.1, 0.15) is 11.1 Å². The SMILES string of the molecule is COc1ccc2c(C(=S)CNCC(N)=O)cccc2c1C(F)(F)F. The van der Waals surface area contributed by atoms with E-state index in [0.29, 0.717) is 15.8 Å². The fraction of sp³-hybridized carbons (Fsp3) is 0.250. The molecule has 2 rings (SSSR count). The monoisotopic (exact) mass is 356 g/mol. The topological polar surface area (TPSA) is 64.3 Å². The number of hydrogen-bond acceptors (Lipinski definition) is 4. The van der Waals surface area contributed by atoms with Crippen molar-refractivity contribution < 1.29 is 22.7 Å². The lowest BCUT2D eigenvalue weighted by atomic mass is 9.97. The number of ether oxygens (including phenoxy) is 1. The fourth-order valence-corrected chi connectivity index (χ4v) is 2.72. The Morgan fingerprint density at radius 2 is 1.92 bits per heavy atom. The van der Waals surface area contributed by atoms with Gasteiger partial charge in [0.25, 0.3) is 0 Å². The number of rotatable bonds is 6. The maximum Gasteiger partial charge on any atom is 0.420 e. The van der Waals surface area contributed by atoms with Gasteiger partial charge in [-0.15, -0.1) is 0 Å². The average Bonchev–Trinajstić information content (AvgIpc) is 2.51. The van der Waals surface area contributed by atoms with Crippen molar-refractivity contribution in [3.05, 3.63) is 41.5 Å². The number of nitrogens with one attached hydrogen (secondary N) is 1. The Balaban J connectivity index is 2.51. The standard InChI is InChI=1S/C16H15F3N2O2S/c1-23-12-6-5-9-10(13(24)7-21-8-14(20)22)3-2-4-11(9)15(12)16(17,18)19/h2-6,21H,7-8H2,1H3,(H2,20,22). The molecule has 24 heavy (non-hydrogen) atoms. The molecule has 0 spiro atoms. The zero-order chi connectivity index (χ0) is 17.9. The fourth-order valence-electron chi connectivity index (χ4n) is 2.44. The molecule has 0 unspecified atom stereocenters. The molecule has 0 aliphatic carbocycles. The highest BCUT2D eigenvalue weighted by Gasteiger charge is 2.36. The summed E-state index contributed by atoms with van der Waals surface area (Å²) in [6.07, 6.45) is -4.56. The quantitative estimate of drug-likeness (QED) is 0.617. The second kappa shape index (κ2) is 7.14. The van der Waals surface area contributed by atoms with E-state index in [1.54, 1.807) is 12.1 Å². The van der Waals surface area contributed by atoms with Gasteiger partial charge >= 0.3 is 6.18 Å². The number of fused-ring (bicyclic) bond motifs is 1. The van der Waals surface area contributed by atoms with Gasteiger partial charge in [0.05, 0.1) is 13.7 Å². The van der Waals surface area contributed by atoms with Gasteiger partial charge in [-0.25, -0.2) is 0 Å². The molecule has 4 nitrogen and oxygen atoms in total. The summed E-state index contributed by atoms with van der Waals surface area (Å²) in [7, 11) is 1.19. The second-order valence-corrected chi connectivity index (χ2v) is 5.53. The molecule has 0 fully saturated rings. The van der Waals surface area contributed by atoms with Crippen molar-refractivity contribution in [2.75, 3.05) is 20.2 Å². The molecule has 128 valence electrons. The molecule has 2 aromatic rings. The number of thiocarbonyl (C=S) groups is 1. The molecule has 8 heteroatoms. The summed E-state index contributed by atoms with van der Waals surface area (Å²) in [5.74, 6) is -0.787. The summed E-state index contributed by atoms with van der Waals surface area (Å²) in [5, 5.41) is 3.14. The summed E-state index contributed by atoms with van der Waals surface area (Å²) in [6.45, 7) is 0.0945. The third-order valence-electron chi connectivity index (χ3n) is 3.41. The van der Waals surface area contributed by atoms with E-state index < -0.39 is 17.6 Å². The first-order chi connectivity index (χ1) is 11.3. The molecule has 0 bridgehead atoms. The second-order valence-electron chi connectivity index (χ2n) is 5.03. The number of carbonyl (C=O) groups excluding carboxylic acids is 1. The summed E-state index contributed by atoms with van der Waals surface area (Å²) in [5.41, 5.74) is 4.68. The molecular weight excluding hydrogens is 341 g/mol. The van der Waals surface area contributed by atoms with E-state index in [1.807, 2.05) is 0 Å². The van der Waals surface area contributed by atoms with E-state index >= 15 is 0 Å². The zero-order valence-corrected chi connectivity index (χ0v) is 13.6. The van der Waals surface area contributed by atoms with Crippen LogP contribution in [0.25, 0.3) is 10.8 Å². The predicted octanol–water partition coefficient (Wildman–Crippen LogP) is 2.66. The third kappa shape index (κ3) is 3.82. The number of alkyl halides is 3. The van der Waals surface area contributed by atoms with E-state index in [4.69, 9.17) is 22.7 Å². The van der Waals surface area contributed by atoms with Gasteiger partial charge in [0.1, 0.15) is 11.3 Å². The van der Waals surface area contributed by atoms with Crippen LogP contribution < -0.4 is 15.8 Å². The van der Waals surface area contributed by atoms with Crippen molar-refractivity contribution in [2.45, 2.75) is 6.18 Å². The van der Waals surface area contributed by atoms with Crippen molar-refractivity contribution in [1.29, 1.82) is 0 Å². The van der Waals surface area contributed by atoms with Crippen LogP contribution in [-0.4, -0.2) is 31.0 Å². The predicted molar refractivity (Wildman–Crippen MR) is 89.3 cm³/mol. The number of methoxy groups -OCH3 is 1. The van der Waals surface area contributed by atoms with Gasteiger partial charge in [-0.05, 0) is 22.4 Å². The lowest BCUT2D eigenvalue weighted by molar-refractivity contribution is -0.137. The minimum Gasteiger partial charge on any atom is -0.496 e. The minimum atomic E-state index is -4.56. The number of carbonyl (C=O) groups is 1. The lowest BCUT2D eigenvalue weighted by Crippen LogP contribution is -2.32. The van der Waals surface area contributed by atoms with E-state index in [2.05, 4.69) is 5.32 Å². The molecule has 3 N–H and O–H groups in total. The number of amides is 1. The number of halogens is 3. The van der Waals surface area contributed by atoms with E-state index in [1.165, 1.54) is 25.3 Å². The first-order valence-corrected chi connectivity index (χ1v) is 7.35. The Bertz CT molecular complexity index is 791. The van der Waals surface area contributed by atoms with Gasteiger partial charge in [-0.3, -0.25) is 4.79 Å². The molecule has 1 amide bonds. The van der Waals surface area contributed by atoms with Crippen molar-refractivity contribution in [2.24, 2.45) is 5.73 Å². The molecule has 0 heterocycles. The van der Waals surface area contributed by atoms with Crippen LogP contribution in [0, 0.1) is 0 Å². The zero-order valence-electron chi connectivity index (χ0n) is 12.7. The van der Waals surface area contributed by atoms with Crippen LogP contribution in [-0.2, 0) is 11.0 Å². The van der Waals surface area contributed by atoms with Gasteiger partial charge in [-0.1, -0.05) is 36.5 Å². The number of primary amides is 1. The Labute approximate surface area is 141 Å². The number of nitrogens with two attached hydrogens (primary N) is 1. The van der Waals surface area contributed by atoms with Gasteiger partial charge < -0.3 is 15.8 Å². The van der Waals surface area contributed by atoms with Crippen molar-refractivity contribution in [3.63, 3.8) is 0 Å². The van der Waals surface area contributed by atoms with Crippen LogP contribution >= 0.6 is 12.2 Å². The van der Waals surface area contributed by atoms with Crippen LogP contribution in [0.5, 0.6) is 5.75 Å². The highest BCUT2D eigenvalue weighted by atomic mass is 32.1. The molecule has 0 saturated heterocycles. The Morgan fingerprint density at radius 1 is 1.21 bits per heavy atom. The maximum absolute atomic E-state index is 13.4. The van der Waals surface area contributed by atoms with Crippen LogP contribution in [0.15, 0.2) is 30.3 Å². The number of benzene rings is 2. The van der Waals surface area contributed by atoms with Gasteiger partial charge in [0, 0.05) is 11.4 Å². The van der Waals surface area contributed by atoms with Crippen molar-refractivity contribution in [3.8, 4) is 5.75 Å². The Kier molecular flexibility index (Phi) is 5.40. The maximum atomic E-state index is 13.4. The molecule has 0 saturated carbocycles. The van der Waals surface area contributed by atoms with Crippen molar-refractivity contribution >= 4 is 33.8 Å². The summed E-state index contributed by atoms with van der Waals surface area (Å²) in [4.78, 5) is 11.1. The molecular formula is C16H15F3N2O2S. The normalized spacial score (nSPS) is 11.5. The summed E-state index contributed by atoms with van der Waals surface area (Å²) >= 11 is 5.27. The lowest BCUT2D eigenvalue weighted by Gasteiger charge is -2.17. The van der Waals surface area contributed by atoms with E-state index in [-0.39, 0.29) is 24.2 Å². The van der Waals surface area contributed by atoms with Gasteiger partial charge in [0.15, 0.2) is 0 Å². The minimum absolute atomic E-state index is 0.0107. The van der Waals surface area contributed by atoms with Crippen molar-refractivity contribution in [1.82, 2.24) is 5.32 Å². The van der Waals surface area contributed by atoms with Gasteiger partial charge in [-0.2, -0.15) is 13.2 Å². The molecule has 2 aromatic carbocycles. The van der Waals surface area contributed by atoms with Crippen LogP contribution in [0.3, 0.4) is 0 Å².